The van der Waals surface area contributed by atoms with Gasteiger partial charge in [-0.3, -0.25) is 0 Å². The van der Waals surface area contributed by atoms with E-state index in [1.165, 1.54) is 6.26 Å². The van der Waals surface area contributed by atoms with E-state index in [4.69, 9.17) is 14.5 Å². The molecule has 1 aromatic heterocycles. The van der Waals surface area contributed by atoms with Crippen molar-refractivity contribution < 1.29 is 9.26 Å². The number of aromatic nitrogens is 1. The summed E-state index contributed by atoms with van der Waals surface area (Å²) < 4.78 is 9.95. The lowest BCUT2D eigenvalue weighted by molar-refractivity contribution is -0.0654. The van der Waals surface area contributed by atoms with Gasteiger partial charge in [0.15, 0.2) is 0 Å². The van der Waals surface area contributed by atoms with Crippen molar-refractivity contribution >= 4 is 0 Å². The summed E-state index contributed by atoms with van der Waals surface area (Å²) in [7, 11) is 0. The lowest BCUT2D eigenvalue weighted by Crippen LogP contribution is -2.46. The monoisotopic (exact) mass is 178 g/mol. The Hall–Kier alpha value is -1.34. The molecular formula is C9H10N2O2. The van der Waals surface area contributed by atoms with Gasteiger partial charge in [-0.25, -0.2) is 0 Å². The van der Waals surface area contributed by atoms with Crippen molar-refractivity contribution in [2.24, 2.45) is 0 Å². The van der Waals surface area contributed by atoms with Gasteiger partial charge in [-0.05, 0) is 6.42 Å². The first-order chi connectivity index (χ1) is 6.32. The average molecular weight is 178 g/mol. The van der Waals surface area contributed by atoms with Crippen LogP contribution in [-0.4, -0.2) is 18.4 Å². The fourth-order valence-corrected chi connectivity index (χ4v) is 1.56. The molecule has 68 valence electrons. The van der Waals surface area contributed by atoms with E-state index in [-0.39, 0.29) is 5.41 Å². The Labute approximate surface area is 76.1 Å². The van der Waals surface area contributed by atoms with E-state index in [2.05, 4.69) is 18.1 Å². The highest BCUT2D eigenvalue weighted by Gasteiger charge is 2.43. The molecule has 1 aliphatic rings. The number of nitrogens with zero attached hydrogens (tertiary/aromatic N) is 2. The zero-order chi connectivity index (χ0) is 9.31. The molecule has 0 N–H and O–H groups in total. The molecule has 2 heterocycles. The molecular weight excluding hydrogens is 168 g/mol. The molecule has 0 aromatic carbocycles. The predicted molar refractivity (Wildman–Crippen MR) is 44.0 cm³/mol. The molecule has 0 aliphatic carbocycles. The molecule has 0 bridgehead atoms. The van der Waals surface area contributed by atoms with E-state index in [9.17, 15) is 0 Å². The molecule has 0 unspecified atom stereocenters. The fourth-order valence-electron chi connectivity index (χ4n) is 1.56. The van der Waals surface area contributed by atoms with Crippen LogP contribution < -0.4 is 0 Å². The maximum atomic E-state index is 8.79. The van der Waals surface area contributed by atoms with Crippen LogP contribution in [0.4, 0.5) is 0 Å². The normalized spacial score (nSPS) is 19.1. The molecule has 2 rings (SSSR count). The van der Waals surface area contributed by atoms with E-state index in [0.717, 1.165) is 12.1 Å². The second kappa shape index (κ2) is 2.86. The van der Waals surface area contributed by atoms with Crippen LogP contribution in [-0.2, 0) is 10.2 Å². The predicted octanol–water partition coefficient (Wildman–Crippen LogP) is 1.22. The maximum Gasteiger partial charge on any atom is 0.141 e. The van der Waals surface area contributed by atoms with Gasteiger partial charge in [0.25, 0.3) is 0 Å². The highest BCUT2D eigenvalue weighted by atomic mass is 16.5. The topological polar surface area (TPSA) is 59.0 Å². The molecule has 0 atom stereocenters. The quantitative estimate of drug-likeness (QED) is 0.683. The zero-order valence-corrected chi connectivity index (χ0v) is 7.41. The third kappa shape index (κ3) is 1.04. The summed E-state index contributed by atoms with van der Waals surface area (Å²) >= 11 is 0. The smallest absolute Gasteiger partial charge is 0.141 e. The first-order valence-electron chi connectivity index (χ1n) is 4.25. The lowest BCUT2D eigenvalue weighted by atomic mass is 9.78. The Morgan fingerprint density at radius 2 is 2.46 bits per heavy atom. The molecule has 0 saturated carbocycles. The average Bonchev–Trinajstić information content (AvgIpc) is 2.52. The van der Waals surface area contributed by atoms with Gasteiger partial charge >= 0.3 is 0 Å². The van der Waals surface area contributed by atoms with Gasteiger partial charge in [0.1, 0.15) is 23.6 Å². The Balaban J connectivity index is 2.39. The number of rotatable bonds is 2. The van der Waals surface area contributed by atoms with Gasteiger partial charge in [0.2, 0.25) is 0 Å². The molecule has 1 aliphatic heterocycles. The van der Waals surface area contributed by atoms with Crippen LogP contribution in [0.15, 0.2) is 10.8 Å². The summed E-state index contributed by atoms with van der Waals surface area (Å²) in [6.45, 7) is 3.35. The standard InChI is InChI=1S/C9H10N2O2/c1-2-9(5-12-6-9)8-7(3-10)4-13-11-8/h4H,2,5-6H2,1H3. The van der Waals surface area contributed by atoms with Crippen LogP contribution >= 0.6 is 0 Å². The van der Waals surface area contributed by atoms with Crippen molar-refractivity contribution in [2.45, 2.75) is 18.8 Å². The molecule has 0 amide bonds. The van der Waals surface area contributed by atoms with Crippen LogP contribution in [0, 0.1) is 11.3 Å². The molecule has 1 fully saturated rings. The van der Waals surface area contributed by atoms with Crippen LogP contribution in [0.2, 0.25) is 0 Å². The molecule has 13 heavy (non-hydrogen) atoms. The summed E-state index contributed by atoms with van der Waals surface area (Å²) in [5.41, 5.74) is 1.21. The Morgan fingerprint density at radius 1 is 1.69 bits per heavy atom. The van der Waals surface area contributed by atoms with Crippen LogP contribution in [0.5, 0.6) is 0 Å². The third-order valence-corrected chi connectivity index (χ3v) is 2.63. The minimum Gasteiger partial charge on any atom is -0.379 e. The second-order valence-electron chi connectivity index (χ2n) is 3.32. The molecule has 1 aromatic rings. The summed E-state index contributed by atoms with van der Waals surface area (Å²) in [6, 6.07) is 2.07. The summed E-state index contributed by atoms with van der Waals surface area (Å²) in [5.74, 6) is 0. The highest BCUT2D eigenvalue weighted by molar-refractivity contribution is 5.36. The van der Waals surface area contributed by atoms with Crippen molar-refractivity contribution in [3.8, 4) is 6.07 Å². The van der Waals surface area contributed by atoms with Gasteiger partial charge < -0.3 is 9.26 Å². The SMILES string of the molecule is CCC1(c2nocc2C#N)COC1. The Morgan fingerprint density at radius 3 is 2.92 bits per heavy atom. The van der Waals surface area contributed by atoms with Crippen molar-refractivity contribution in [1.82, 2.24) is 5.16 Å². The zero-order valence-electron chi connectivity index (χ0n) is 7.41. The van der Waals surface area contributed by atoms with E-state index in [1.54, 1.807) is 0 Å². The molecule has 0 spiro atoms. The summed E-state index contributed by atoms with van der Waals surface area (Å²) in [5, 5.41) is 12.7. The van der Waals surface area contributed by atoms with Gasteiger partial charge in [0.05, 0.1) is 18.6 Å². The number of nitriles is 1. The molecule has 1 saturated heterocycles. The first kappa shape index (κ1) is 8.27. The second-order valence-corrected chi connectivity index (χ2v) is 3.32. The van der Waals surface area contributed by atoms with Gasteiger partial charge in [-0.1, -0.05) is 12.1 Å². The van der Waals surface area contributed by atoms with Crippen molar-refractivity contribution in [3.63, 3.8) is 0 Å². The third-order valence-electron chi connectivity index (χ3n) is 2.63. The number of hydrogen-bond acceptors (Lipinski definition) is 4. The fraction of sp³-hybridized carbons (Fsp3) is 0.556. The van der Waals surface area contributed by atoms with E-state index in [1.807, 2.05) is 0 Å². The van der Waals surface area contributed by atoms with Gasteiger partial charge in [0, 0.05) is 0 Å². The molecule has 4 nitrogen and oxygen atoms in total. The summed E-state index contributed by atoms with van der Waals surface area (Å²) in [4.78, 5) is 0. The first-order valence-corrected chi connectivity index (χ1v) is 4.25. The van der Waals surface area contributed by atoms with Gasteiger partial charge in [-0.2, -0.15) is 5.26 Å². The maximum absolute atomic E-state index is 8.79. The van der Waals surface area contributed by atoms with E-state index >= 15 is 0 Å². The lowest BCUT2D eigenvalue weighted by Gasteiger charge is -2.39. The van der Waals surface area contributed by atoms with Crippen molar-refractivity contribution in [2.75, 3.05) is 13.2 Å². The van der Waals surface area contributed by atoms with E-state index in [0.29, 0.717) is 18.8 Å². The largest absolute Gasteiger partial charge is 0.379 e. The minimum atomic E-state index is -0.0714. The van der Waals surface area contributed by atoms with Crippen molar-refractivity contribution in [3.05, 3.63) is 17.5 Å². The highest BCUT2D eigenvalue weighted by Crippen LogP contribution is 2.36. The number of hydrogen-bond donors (Lipinski definition) is 0. The number of ether oxygens (including phenoxy) is 1. The minimum absolute atomic E-state index is 0.0714. The van der Waals surface area contributed by atoms with Crippen molar-refractivity contribution in [1.29, 1.82) is 5.26 Å². The van der Waals surface area contributed by atoms with Gasteiger partial charge in [-0.15, -0.1) is 0 Å². The Bertz CT molecular complexity index is 341. The molecule has 4 heteroatoms. The van der Waals surface area contributed by atoms with E-state index < -0.39 is 0 Å². The van der Waals surface area contributed by atoms with Crippen LogP contribution in [0.1, 0.15) is 24.6 Å². The molecule has 0 radical (unpaired) electrons. The van der Waals surface area contributed by atoms with Crippen LogP contribution in [0.25, 0.3) is 0 Å². The summed E-state index contributed by atoms with van der Waals surface area (Å²) in [6.07, 6.45) is 2.32. The van der Waals surface area contributed by atoms with Crippen LogP contribution in [0.3, 0.4) is 0 Å². The Kier molecular flexibility index (Phi) is 1.82.